The summed E-state index contributed by atoms with van der Waals surface area (Å²) < 4.78 is 5.21. The van der Waals surface area contributed by atoms with E-state index in [4.69, 9.17) is 4.74 Å². The highest BCUT2D eigenvalue weighted by molar-refractivity contribution is 7.99. The predicted molar refractivity (Wildman–Crippen MR) is 127 cm³/mol. The molecule has 164 valence electrons. The maximum atomic E-state index is 12.6. The average molecular weight is 466 g/mol. The number of carbonyl (C=O) groups excluding carboxylic acids is 1. The van der Waals surface area contributed by atoms with Crippen molar-refractivity contribution in [1.82, 2.24) is 14.9 Å². The maximum Gasteiger partial charge on any atom is 0.235 e. The van der Waals surface area contributed by atoms with Gasteiger partial charge in [0.2, 0.25) is 5.91 Å². The smallest absolute Gasteiger partial charge is 0.235 e. The number of anilines is 1. The maximum absolute atomic E-state index is 12.6. The topological polar surface area (TPSA) is 91.1 Å². The molecule has 1 aliphatic rings. The molecule has 0 saturated carbocycles. The molecule has 1 aliphatic heterocycles. The van der Waals surface area contributed by atoms with Crippen molar-refractivity contribution in [2.45, 2.75) is 25.0 Å². The van der Waals surface area contributed by atoms with Crippen LogP contribution in [0.5, 0.6) is 5.75 Å². The summed E-state index contributed by atoms with van der Waals surface area (Å²) in [6.07, 6.45) is 0.834. The van der Waals surface area contributed by atoms with Crippen molar-refractivity contribution >= 4 is 34.0 Å². The first-order chi connectivity index (χ1) is 15.5. The molecule has 0 bridgehead atoms. The molecule has 0 fully saturated rings. The monoisotopic (exact) mass is 465 g/mol. The zero-order chi connectivity index (χ0) is 22.7. The highest BCUT2D eigenvalue weighted by Crippen LogP contribution is 2.36. The number of aromatic nitrogens is 2. The fourth-order valence-electron chi connectivity index (χ4n) is 3.55. The van der Waals surface area contributed by atoms with Gasteiger partial charge in [-0.05, 0) is 56.3 Å². The zero-order valence-corrected chi connectivity index (χ0v) is 19.8. The third-order valence-electron chi connectivity index (χ3n) is 5.16. The minimum Gasteiger partial charge on any atom is -0.497 e. The summed E-state index contributed by atoms with van der Waals surface area (Å²) in [5.41, 5.74) is 4.26. The normalized spacial score (nSPS) is 13.3. The second-order valence-corrected chi connectivity index (χ2v) is 9.60. The lowest BCUT2D eigenvalue weighted by molar-refractivity contribution is -0.113. The highest BCUT2D eigenvalue weighted by atomic mass is 32.2. The standard InChI is InChI=1S/C23H23N5O2S2/c1-14-10-19(15-4-6-16(30-3)7-5-15)26-23(25-14)31-13-21(29)27-22-18(11-24)17-8-9-28(2)12-20(17)32-22/h4-7,10H,8-9,12-13H2,1-3H3,(H,27,29). The van der Waals surface area contributed by atoms with Crippen molar-refractivity contribution in [1.29, 1.82) is 5.26 Å². The van der Waals surface area contributed by atoms with Crippen LogP contribution in [0.3, 0.4) is 0 Å². The number of fused-ring (bicyclic) bond motifs is 1. The van der Waals surface area contributed by atoms with E-state index in [-0.39, 0.29) is 11.7 Å². The molecule has 0 aliphatic carbocycles. The summed E-state index contributed by atoms with van der Waals surface area (Å²) in [7, 11) is 3.69. The Balaban J connectivity index is 1.44. The van der Waals surface area contributed by atoms with Crippen LogP contribution in [0.15, 0.2) is 35.5 Å². The number of thiophene rings is 1. The SMILES string of the molecule is COc1ccc(-c2cc(C)nc(SCC(=O)Nc3sc4c(c3C#N)CCN(C)C4)n2)cc1. The number of aryl methyl sites for hydroxylation is 1. The summed E-state index contributed by atoms with van der Waals surface area (Å²) in [6, 6.07) is 11.9. The van der Waals surface area contributed by atoms with Crippen molar-refractivity contribution in [2.24, 2.45) is 0 Å². The van der Waals surface area contributed by atoms with Crippen LogP contribution in [-0.2, 0) is 17.8 Å². The largest absolute Gasteiger partial charge is 0.497 e. The van der Waals surface area contributed by atoms with Crippen molar-refractivity contribution in [2.75, 3.05) is 31.8 Å². The van der Waals surface area contributed by atoms with Gasteiger partial charge in [0.15, 0.2) is 5.16 Å². The van der Waals surface area contributed by atoms with Gasteiger partial charge in [0.25, 0.3) is 0 Å². The van der Waals surface area contributed by atoms with E-state index in [9.17, 15) is 10.1 Å². The lowest BCUT2D eigenvalue weighted by atomic mass is 10.0. The molecule has 3 heterocycles. The van der Waals surface area contributed by atoms with Crippen LogP contribution >= 0.6 is 23.1 Å². The van der Waals surface area contributed by atoms with Gasteiger partial charge in [-0.25, -0.2) is 9.97 Å². The number of methoxy groups -OCH3 is 1. The van der Waals surface area contributed by atoms with Gasteiger partial charge in [-0.3, -0.25) is 4.79 Å². The van der Waals surface area contributed by atoms with Crippen molar-refractivity contribution in [3.8, 4) is 23.1 Å². The number of nitrogens with one attached hydrogen (secondary N) is 1. The van der Waals surface area contributed by atoms with E-state index in [1.165, 1.54) is 23.1 Å². The summed E-state index contributed by atoms with van der Waals surface area (Å²) in [5.74, 6) is 0.776. The molecular formula is C23H23N5O2S2. The van der Waals surface area contributed by atoms with Gasteiger partial charge in [-0.15, -0.1) is 11.3 Å². The second kappa shape index (κ2) is 9.69. The molecular weight excluding hydrogens is 442 g/mol. The van der Waals surface area contributed by atoms with E-state index in [1.54, 1.807) is 7.11 Å². The minimum atomic E-state index is -0.172. The first-order valence-corrected chi connectivity index (χ1v) is 11.9. The van der Waals surface area contributed by atoms with Crippen LogP contribution in [0.2, 0.25) is 0 Å². The van der Waals surface area contributed by atoms with E-state index in [0.717, 1.165) is 52.7 Å². The number of hydrogen-bond acceptors (Lipinski definition) is 8. The lowest BCUT2D eigenvalue weighted by Crippen LogP contribution is -2.25. The van der Waals surface area contributed by atoms with Crippen LogP contribution in [0.25, 0.3) is 11.3 Å². The molecule has 32 heavy (non-hydrogen) atoms. The van der Waals surface area contributed by atoms with E-state index in [2.05, 4.69) is 33.3 Å². The number of carbonyl (C=O) groups is 1. The second-order valence-electron chi connectivity index (χ2n) is 7.55. The van der Waals surface area contributed by atoms with Crippen LogP contribution < -0.4 is 10.1 Å². The summed E-state index contributed by atoms with van der Waals surface area (Å²) in [5, 5.41) is 13.7. The van der Waals surface area contributed by atoms with Crippen LogP contribution in [0, 0.1) is 18.3 Å². The molecule has 1 amide bonds. The molecule has 1 N–H and O–H groups in total. The van der Waals surface area contributed by atoms with Gasteiger partial charge in [-0.2, -0.15) is 5.26 Å². The van der Waals surface area contributed by atoms with E-state index in [0.29, 0.717) is 15.7 Å². The summed E-state index contributed by atoms with van der Waals surface area (Å²) in [4.78, 5) is 25.1. The number of hydrogen-bond donors (Lipinski definition) is 1. The molecule has 9 heteroatoms. The van der Waals surface area contributed by atoms with Gasteiger partial charge in [0.1, 0.15) is 16.8 Å². The van der Waals surface area contributed by atoms with Crippen LogP contribution in [-0.4, -0.2) is 47.2 Å². The number of ether oxygens (including phenoxy) is 1. The predicted octanol–water partition coefficient (Wildman–Crippen LogP) is 4.11. The van der Waals surface area contributed by atoms with Crippen molar-refractivity contribution in [3.05, 3.63) is 52.0 Å². The number of likely N-dealkylation sites (N-methyl/N-ethyl adjacent to an activating group) is 1. The molecule has 3 aromatic rings. The Morgan fingerprint density at radius 3 is 2.84 bits per heavy atom. The molecule has 0 spiro atoms. The quantitative estimate of drug-likeness (QED) is 0.433. The van der Waals surface area contributed by atoms with E-state index < -0.39 is 0 Å². The third kappa shape index (κ3) is 4.93. The Morgan fingerprint density at radius 2 is 2.12 bits per heavy atom. The first-order valence-electron chi connectivity index (χ1n) is 10.1. The Kier molecular flexibility index (Phi) is 6.74. The Labute approximate surface area is 195 Å². The zero-order valence-electron chi connectivity index (χ0n) is 18.1. The Morgan fingerprint density at radius 1 is 1.34 bits per heavy atom. The van der Waals surface area contributed by atoms with E-state index in [1.807, 2.05) is 37.3 Å². The van der Waals surface area contributed by atoms with E-state index >= 15 is 0 Å². The van der Waals surface area contributed by atoms with Gasteiger partial charge in [0.05, 0.1) is 24.1 Å². The van der Waals surface area contributed by atoms with Gasteiger partial charge >= 0.3 is 0 Å². The molecule has 2 aromatic heterocycles. The number of nitriles is 1. The average Bonchev–Trinajstić information content (AvgIpc) is 3.13. The summed E-state index contributed by atoms with van der Waals surface area (Å²) >= 11 is 2.78. The molecule has 0 radical (unpaired) electrons. The fourth-order valence-corrected chi connectivity index (χ4v) is 5.54. The summed E-state index contributed by atoms with van der Waals surface area (Å²) in [6.45, 7) is 3.64. The van der Waals surface area contributed by atoms with Crippen LogP contribution in [0.1, 0.15) is 21.7 Å². The van der Waals surface area contributed by atoms with Gasteiger partial charge in [0, 0.05) is 29.2 Å². The van der Waals surface area contributed by atoms with Gasteiger partial charge < -0.3 is 15.0 Å². The molecule has 1 aromatic carbocycles. The van der Waals surface area contributed by atoms with Crippen LogP contribution in [0.4, 0.5) is 5.00 Å². The molecule has 0 atom stereocenters. The molecule has 7 nitrogen and oxygen atoms in total. The Bertz CT molecular complexity index is 1180. The number of thioether (sulfide) groups is 1. The van der Waals surface area contributed by atoms with Crippen molar-refractivity contribution < 1.29 is 9.53 Å². The Hall–Kier alpha value is -2.93. The minimum absolute atomic E-state index is 0.166. The molecule has 0 unspecified atom stereocenters. The highest BCUT2D eigenvalue weighted by Gasteiger charge is 2.23. The number of amides is 1. The fraction of sp³-hybridized carbons (Fsp3) is 0.304. The van der Waals surface area contributed by atoms with Crippen molar-refractivity contribution in [3.63, 3.8) is 0 Å². The third-order valence-corrected chi connectivity index (χ3v) is 7.14. The van der Waals surface area contributed by atoms with Gasteiger partial charge in [-0.1, -0.05) is 11.8 Å². The number of rotatable bonds is 6. The first kappa shape index (κ1) is 22.3. The molecule has 4 rings (SSSR count). The number of benzene rings is 1. The lowest BCUT2D eigenvalue weighted by Gasteiger charge is -2.21. The molecule has 0 saturated heterocycles. The number of nitrogens with zero attached hydrogens (tertiary/aromatic N) is 4.